The van der Waals surface area contributed by atoms with Crippen molar-refractivity contribution >= 4 is 22.8 Å². The van der Waals surface area contributed by atoms with E-state index < -0.39 is 17.7 Å². The number of rotatable bonds is 17. The van der Waals surface area contributed by atoms with Crippen molar-refractivity contribution in [2.45, 2.75) is 44.2 Å². The fourth-order valence-electron chi connectivity index (χ4n) is 8.35. The zero-order valence-electron chi connectivity index (χ0n) is 36.5. The molecule has 0 bridgehead atoms. The smallest absolute Gasteiger partial charge is 0.347 e. The maximum absolute atomic E-state index is 14.0. The Balaban J connectivity index is 0.863. The van der Waals surface area contributed by atoms with Crippen LogP contribution in [0.5, 0.6) is 11.5 Å². The molecule has 0 saturated carbocycles. The van der Waals surface area contributed by atoms with Gasteiger partial charge in [0.05, 0.1) is 43.3 Å². The van der Waals surface area contributed by atoms with Crippen LogP contribution in [0.1, 0.15) is 62.8 Å². The molecule has 1 aliphatic rings. The number of hydrogen-bond donors (Lipinski definition) is 6. The van der Waals surface area contributed by atoms with E-state index in [4.69, 9.17) is 9.47 Å². The Kier molecular flexibility index (Phi) is 14.2. The number of phenolic OH excluding ortho intramolecular Hbond substituents is 1. The molecule has 6 N–H and O–H groups in total. The third kappa shape index (κ3) is 10.5. The van der Waals surface area contributed by atoms with Gasteiger partial charge in [-0.25, -0.2) is 4.79 Å². The summed E-state index contributed by atoms with van der Waals surface area (Å²) in [6.45, 7) is 3.50. The third-order valence-electron chi connectivity index (χ3n) is 12.1. The summed E-state index contributed by atoms with van der Waals surface area (Å²) >= 11 is 0. The molecule has 2 unspecified atom stereocenters. The van der Waals surface area contributed by atoms with Gasteiger partial charge in [0.2, 0.25) is 11.2 Å². The number of phenols is 1. The number of pyridine rings is 1. The van der Waals surface area contributed by atoms with Crippen LogP contribution in [0.15, 0.2) is 144 Å². The lowest BCUT2D eigenvalue weighted by Crippen LogP contribution is -2.40. The van der Waals surface area contributed by atoms with Crippen molar-refractivity contribution in [3.8, 4) is 22.8 Å². The average Bonchev–Trinajstić information content (AvgIpc) is 3.36. The lowest BCUT2D eigenvalue weighted by atomic mass is 9.85. The Morgan fingerprint density at radius 3 is 2.35 bits per heavy atom. The first-order chi connectivity index (χ1) is 32.1. The maximum atomic E-state index is 14.0. The van der Waals surface area contributed by atoms with Gasteiger partial charge in [-0.15, -0.1) is 0 Å². The van der Waals surface area contributed by atoms with Gasteiger partial charge < -0.3 is 40.4 Å². The zero-order valence-corrected chi connectivity index (χ0v) is 36.5. The molecule has 7 aromatic rings. The number of aliphatic hydroxyl groups is 2. The van der Waals surface area contributed by atoms with E-state index in [1.807, 2.05) is 18.2 Å². The number of benzene rings is 5. The Morgan fingerprint density at radius 1 is 0.848 bits per heavy atom. The molecular formula is C52H52N6O8. The van der Waals surface area contributed by atoms with Gasteiger partial charge in [0, 0.05) is 53.3 Å². The van der Waals surface area contributed by atoms with Crippen molar-refractivity contribution in [1.82, 2.24) is 30.7 Å². The van der Waals surface area contributed by atoms with Gasteiger partial charge in [-0.1, -0.05) is 91.0 Å². The van der Waals surface area contributed by atoms with Crippen molar-refractivity contribution < 1.29 is 34.4 Å². The first kappa shape index (κ1) is 45.3. The van der Waals surface area contributed by atoms with Gasteiger partial charge >= 0.3 is 5.97 Å². The highest BCUT2D eigenvalue weighted by Crippen LogP contribution is 2.34. The van der Waals surface area contributed by atoms with E-state index >= 15 is 0 Å². The van der Waals surface area contributed by atoms with Gasteiger partial charge in [-0.2, -0.15) is 10.2 Å². The Bertz CT molecular complexity index is 2830. The number of methoxy groups -OCH3 is 1. The summed E-state index contributed by atoms with van der Waals surface area (Å²) in [6, 6.07) is 40.7. The number of fused-ring (bicyclic) bond motifs is 1. The molecule has 1 fully saturated rings. The minimum absolute atomic E-state index is 0.0856. The van der Waals surface area contributed by atoms with Crippen molar-refractivity contribution in [2.24, 2.45) is 5.92 Å². The molecule has 2 aromatic heterocycles. The number of likely N-dealkylation sites (tertiary alicyclic amines) is 1. The summed E-state index contributed by atoms with van der Waals surface area (Å²) in [6.07, 6.45) is 0.839. The second-order valence-electron chi connectivity index (χ2n) is 16.5. The predicted molar refractivity (Wildman–Crippen MR) is 249 cm³/mol. The molecule has 14 heteroatoms. The topological polar surface area (TPSA) is 199 Å². The molecule has 14 nitrogen and oxygen atoms in total. The molecule has 3 heterocycles. The first-order valence-corrected chi connectivity index (χ1v) is 21.9. The first-order valence-electron chi connectivity index (χ1n) is 21.9. The number of carbonyl (C=O) groups is 2. The average molecular weight is 889 g/mol. The third-order valence-corrected chi connectivity index (χ3v) is 12.1. The Morgan fingerprint density at radius 2 is 1.61 bits per heavy atom. The van der Waals surface area contributed by atoms with Crippen LogP contribution in [0.4, 0.5) is 0 Å². The highest BCUT2D eigenvalue weighted by atomic mass is 16.5. The van der Waals surface area contributed by atoms with Gasteiger partial charge in [-0.05, 0) is 91.0 Å². The van der Waals surface area contributed by atoms with Crippen LogP contribution in [-0.4, -0.2) is 80.6 Å². The molecule has 5 aromatic carbocycles. The number of esters is 1. The number of aromatic hydroxyl groups is 1. The molecule has 338 valence electrons. The van der Waals surface area contributed by atoms with E-state index in [1.54, 1.807) is 84.9 Å². The standard InChI is InChI=1S/C52H52N6O8/c1-65-47-28-37(15-16-38(47)29-53-31-46(60)42-18-21-45(59)49-43(42)19-22-48(61)55-49)50(62)54-30-41-17-20-44(57-56-41)36-11-8-14-40(27-36)52(64,39-12-6-3-7-13-39)51(63)66-33-35-23-25-58(26-24-35)32-34-9-4-2-5-10-34/h2-22,27-28,35,46,53,59-60,64H,23-26,29-33H2,1H3,(H,54,62)(H,55,61). The minimum Gasteiger partial charge on any atom is -0.506 e. The van der Waals surface area contributed by atoms with E-state index in [2.05, 4.69) is 55.0 Å². The highest BCUT2D eigenvalue weighted by molar-refractivity contribution is 5.94. The lowest BCUT2D eigenvalue weighted by Gasteiger charge is -2.33. The summed E-state index contributed by atoms with van der Waals surface area (Å²) < 4.78 is 11.5. The van der Waals surface area contributed by atoms with Crippen molar-refractivity contribution in [3.63, 3.8) is 0 Å². The number of hydrogen-bond acceptors (Lipinski definition) is 12. The molecule has 8 rings (SSSR count). The number of nitrogens with one attached hydrogen (secondary N) is 3. The fraction of sp³-hybridized carbons (Fsp3) is 0.250. The molecule has 0 aliphatic carbocycles. The molecule has 1 aliphatic heterocycles. The monoisotopic (exact) mass is 888 g/mol. The quantitative estimate of drug-likeness (QED) is 0.0572. The summed E-state index contributed by atoms with van der Waals surface area (Å²) in [5.41, 5.74) is 3.15. The van der Waals surface area contributed by atoms with E-state index in [1.165, 1.54) is 24.8 Å². The number of aromatic nitrogens is 3. The number of ether oxygens (including phenoxy) is 2. The molecule has 0 radical (unpaired) electrons. The number of aromatic amines is 1. The highest BCUT2D eigenvalue weighted by Gasteiger charge is 2.42. The number of nitrogens with zero attached hydrogens (tertiary/aromatic N) is 3. The summed E-state index contributed by atoms with van der Waals surface area (Å²) in [5.74, 6) is -0.507. The lowest BCUT2D eigenvalue weighted by molar-refractivity contribution is -0.164. The van der Waals surface area contributed by atoms with Crippen LogP contribution in [0, 0.1) is 5.92 Å². The van der Waals surface area contributed by atoms with Crippen LogP contribution in [0.2, 0.25) is 0 Å². The zero-order chi connectivity index (χ0) is 46.0. The molecule has 66 heavy (non-hydrogen) atoms. The molecular weight excluding hydrogens is 837 g/mol. The van der Waals surface area contributed by atoms with E-state index in [0.29, 0.717) is 56.9 Å². The summed E-state index contributed by atoms with van der Waals surface area (Å²) in [5, 5.41) is 48.8. The van der Waals surface area contributed by atoms with Crippen LogP contribution in [0.25, 0.3) is 22.2 Å². The number of amides is 1. The summed E-state index contributed by atoms with van der Waals surface area (Å²) in [7, 11) is 1.51. The number of carbonyl (C=O) groups excluding carboxylic acids is 2. The largest absolute Gasteiger partial charge is 0.506 e. The van der Waals surface area contributed by atoms with Crippen LogP contribution >= 0.6 is 0 Å². The van der Waals surface area contributed by atoms with Crippen LogP contribution in [0.3, 0.4) is 0 Å². The second kappa shape index (κ2) is 20.7. The molecule has 1 amide bonds. The number of piperidine rings is 1. The van der Waals surface area contributed by atoms with Crippen LogP contribution in [-0.2, 0) is 34.8 Å². The minimum atomic E-state index is -2.07. The van der Waals surface area contributed by atoms with Gasteiger partial charge in [-0.3, -0.25) is 14.5 Å². The van der Waals surface area contributed by atoms with E-state index in [-0.39, 0.29) is 48.3 Å². The van der Waals surface area contributed by atoms with Crippen LogP contribution < -0.4 is 20.9 Å². The maximum Gasteiger partial charge on any atom is 0.347 e. The van der Waals surface area contributed by atoms with Gasteiger partial charge in [0.1, 0.15) is 11.5 Å². The summed E-state index contributed by atoms with van der Waals surface area (Å²) in [4.78, 5) is 44.0. The number of H-pyrrole nitrogens is 1. The van der Waals surface area contributed by atoms with E-state index in [0.717, 1.165) is 38.0 Å². The molecule has 0 spiro atoms. The van der Waals surface area contributed by atoms with Crippen molar-refractivity contribution in [2.75, 3.05) is 33.4 Å². The fourth-order valence-corrected chi connectivity index (χ4v) is 8.35. The number of aliphatic hydroxyl groups excluding tert-OH is 1. The SMILES string of the molecule is COc1cc(C(=O)NCc2ccc(-c3cccc(C(O)(C(=O)OCC4CCN(Cc5ccccc5)CC4)c4ccccc4)c3)nn2)ccc1CNCC(O)c1ccc(O)c2[nH]c(=O)ccc12. The van der Waals surface area contributed by atoms with E-state index in [9.17, 15) is 29.7 Å². The molecule has 2 atom stereocenters. The predicted octanol–water partition coefficient (Wildman–Crippen LogP) is 6.14. The Hall–Kier alpha value is -7.23. The Labute approximate surface area is 381 Å². The van der Waals surface area contributed by atoms with Crippen molar-refractivity contribution in [3.05, 3.63) is 189 Å². The second-order valence-corrected chi connectivity index (χ2v) is 16.5. The van der Waals surface area contributed by atoms with Gasteiger partial charge in [0.15, 0.2) is 0 Å². The van der Waals surface area contributed by atoms with Crippen molar-refractivity contribution in [1.29, 1.82) is 0 Å². The molecule has 1 saturated heterocycles. The van der Waals surface area contributed by atoms with Gasteiger partial charge in [0.25, 0.3) is 5.91 Å². The normalized spacial score (nSPS) is 14.6.